The lowest BCUT2D eigenvalue weighted by Gasteiger charge is -2.09. The molecular weight excluding hydrogens is 347 g/mol. The molecule has 3 nitrogen and oxygen atoms in total. The maximum Gasteiger partial charge on any atom is 0.416 e. The molecule has 0 aliphatic carbocycles. The Labute approximate surface area is 126 Å². The molecule has 2 N–H and O–H groups in total. The number of nitrogen functional groups attached to an aromatic ring is 1. The van der Waals surface area contributed by atoms with Crippen molar-refractivity contribution in [3.63, 3.8) is 0 Å². The number of nitrogens with two attached hydrogens (primary N) is 1. The molecule has 0 fully saturated rings. The van der Waals surface area contributed by atoms with Crippen molar-refractivity contribution >= 4 is 32.9 Å². The van der Waals surface area contributed by atoms with Gasteiger partial charge in [0.15, 0.2) is 0 Å². The summed E-state index contributed by atoms with van der Waals surface area (Å²) in [7, 11) is 0. The number of rotatable bonds is 1. The molecule has 0 radical (unpaired) electrons. The van der Waals surface area contributed by atoms with Crippen molar-refractivity contribution in [2.24, 2.45) is 0 Å². The molecule has 3 rings (SSSR count). The molecule has 0 amide bonds. The number of benzene rings is 2. The van der Waals surface area contributed by atoms with E-state index in [1.807, 2.05) is 18.2 Å². The molecule has 0 bridgehead atoms. The van der Waals surface area contributed by atoms with Gasteiger partial charge in [-0.15, -0.1) is 0 Å². The van der Waals surface area contributed by atoms with Gasteiger partial charge in [0.05, 0.1) is 22.3 Å². The second-order valence-corrected chi connectivity index (χ2v) is 5.31. The van der Waals surface area contributed by atoms with Gasteiger partial charge in [-0.2, -0.15) is 13.2 Å². The second-order valence-electron chi connectivity index (χ2n) is 4.46. The van der Waals surface area contributed by atoms with Gasteiger partial charge in [0.25, 0.3) is 0 Å². The molecule has 2 aromatic carbocycles. The highest BCUT2D eigenvalue weighted by molar-refractivity contribution is 9.10. The third-order valence-electron chi connectivity index (χ3n) is 3.10. The van der Waals surface area contributed by atoms with Crippen LogP contribution in [0.2, 0.25) is 0 Å². The number of fused-ring (bicyclic) bond motifs is 1. The third kappa shape index (κ3) is 2.37. The molecule has 0 spiro atoms. The van der Waals surface area contributed by atoms with Crippen molar-refractivity contribution in [1.29, 1.82) is 0 Å². The minimum Gasteiger partial charge on any atom is -0.369 e. The Bertz CT molecular complexity index is 824. The van der Waals surface area contributed by atoms with Crippen molar-refractivity contribution in [1.82, 2.24) is 9.55 Å². The third-order valence-corrected chi connectivity index (χ3v) is 3.77. The van der Waals surface area contributed by atoms with E-state index in [0.717, 1.165) is 22.3 Å². The quantitative estimate of drug-likeness (QED) is 0.703. The van der Waals surface area contributed by atoms with Gasteiger partial charge in [-0.25, -0.2) is 4.98 Å². The van der Waals surface area contributed by atoms with E-state index in [0.29, 0.717) is 5.52 Å². The molecule has 0 unspecified atom stereocenters. The lowest BCUT2D eigenvalue weighted by atomic mass is 10.2. The lowest BCUT2D eigenvalue weighted by Crippen LogP contribution is -2.04. The first-order chi connectivity index (χ1) is 9.88. The first-order valence-corrected chi connectivity index (χ1v) is 6.77. The Kier molecular flexibility index (Phi) is 3.16. The average Bonchev–Trinajstić information content (AvgIpc) is 2.73. The Morgan fingerprint density at radius 3 is 2.48 bits per heavy atom. The zero-order valence-electron chi connectivity index (χ0n) is 10.5. The van der Waals surface area contributed by atoms with E-state index in [2.05, 4.69) is 20.9 Å². The summed E-state index contributed by atoms with van der Waals surface area (Å²) >= 11 is 3.40. The zero-order valence-corrected chi connectivity index (χ0v) is 12.1. The summed E-state index contributed by atoms with van der Waals surface area (Å²) in [6.07, 6.45) is -4.40. The van der Waals surface area contributed by atoms with Crippen LogP contribution in [0.1, 0.15) is 5.56 Å². The fourth-order valence-corrected chi connectivity index (χ4v) is 2.62. The van der Waals surface area contributed by atoms with E-state index in [9.17, 15) is 13.2 Å². The molecule has 1 heterocycles. The molecule has 0 saturated heterocycles. The monoisotopic (exact) mass is 355 g/mol. The number of anilines is 1. The van der Waals surface area contributed by atoms with Gasteiger partial charge >= 0.3 is 6.18 Å². The number of alkyl halides is 3. The van der Waals surface area contributed by atoms with E-state index in [4.69, 9.17) is 5.73 Å². The van der Waals surface area contributed by atoms with Gasteiger partial charge in [-0.1, -0.05) is 12.1 Å². The summed E-state index contributed by atoms with van der Waals surface area (Å²) in [6, 6.07) is 10.7. The number of halogens is 4. The summed E-state index contributed by atoms with van der Waals surface area (Å²) < 4.78 is 40.6. The number of aromatic nitrogens is 2. The van der Waals surface area contributed by atoms with Crippen LogP contribution in [0.4, 0.5) is 19.1 Å². The molecule has 0 saturated carbocycles. The van der Waals surface area contributed by atoms with Crippen molar-refractivity contribution < 1.29 is 13.2 Å². The predicted molar refractivity (Wildman–Crippen MR) is 78.2 cm³/mol. The molecule has 3 aromatic rings. The molecule has 0 aliphatic rings. The van der Waals surface area contributed by atoms with Crippen molar-refractivity contribution in [3.8, 4) is 5.69 Å². The van der Waals surface area contributed by atoms with Crippen LogP contribution in [0.5, 0.6) is 0 Å². The highest BCUT2D eigenvalue weighted by atomic mass is 79.9. The van der Waals surface area contributed by atoms with Crippen molar-refractivity contribution in [2.45, 2.75) is 6.18 Å². The zero-order chi connectivity index (χ0) is 15.2. The van der Waals surface area contributed by atoms with Gasteiger partial charge < -0.3 is 5.73 Å². The molecule has 0 atom stereocenters. The lowest BCUT2D eigenvalue weighted by molar-refractivity contribution is -0.137. The van der Waals surface area contributed by atoms with Crippen molar-refractivity contribution in [2.75, 3.05) is 5.73 Å². The van der Waals surface area contributed by atoms with Gasteiger partial charge in [0, 0.05) is 4.47 Å². The van der Waals surface area contributed by atoms with Gasteiger partial charge in [0.1, 0.15) is 0 Å². The van der Waals surface area contributed by atoms with E-state index < -0.39 is 11.7 Å². The van der Waals surface area contributed by atoms with E-state index in [1.54, 1.807) is 10.6 Å². The van der Waals surface area contributed by atoms with Crippen LogP contribution in [0.3, 0.4) is 0 Å². The summed E-state index contributed by atoms with van der Waals surface area (Å²) in [5.41, 5.74) is 6.57. The standard InChI is InChI=1S/C14H9BrF3N3/c15-9-3-1-2-4-11(9)21-12-6-5-8(14(16,17)18)7-10(12)20-13(21)19/h1-7H,(H2,19,20). The topological polar surface area (TPSA) is 43.8 Å². The van der Waals surface area contributed by atoms with Crippen LogP contribution in [0.15, 0.2) is 46.9 Å². The average molecular weight is 356 g/mol. The minimum absolute atomic E-state index is 0.135. The van der Waals surface area contributed by atoms with Crippen LogP contribution >= 0.6 is 15.9 Å². The maximum atomic E-state index is 12.7. The minimum atomic E-state index is -4.40. The first kappa shape index (κ1) is 13.9. The summed E-state index contributed by atoms with van der Waals surface area (Å²) in [5, 5.41) is 0. The van der Waals surface area contributed by atoms with Gasteiger partial charge in [0.2, 0.25) is 5.95 Å². The predicted octanol–water partition coefficient (Wildman–Crippen LogP) is 4.39. The fourth-order valence-electron chi connectivity index (χ4n) is 2.16. The number of hydrogen-bond acceptors (Lipinski definition) is 2. The molecule has 108 valence electrons. The Hall–Kier alpha value is -2.02. The number of para-hydroxylation sites is 1. The van der Waals surface area contributed by atoms with Crippen LogP contribution in [-0.2, 0) is 6.18 Å². The van der Waals surface area contributed by atoms with Crippen molar-refractivity contribution in [3.05, 3.63) is 52.5 Å². The van der Waals surface area contributed by atoms with Crippen LogP contribution in [0, 0.1) is 0 Å². The number of imidazole rings is 1. The number of hydrogen-bond donors (Lipinski definition) is 1. The van der Waals surface area contributed by atoms with Crippen LogP contribution in [0.25, 0.3) is 16.7 Å². The summed E-state index contributed by atoms with van der Waals surface area (Å²) in [4.78, 5) is 4.02. The normalized spacial score (nSPS) is 12.0. The van der Waals surface area contributed by atoms with E-state index in [-0.39, 0.29) is 11.5 Å². The molecular formula is C14H9BrF3N3. The molecule has 7 heteroatoms. The first-order valence-electron chi connectivity index (χ1n) is 5.98. The highest BCUT2D eigenvalue weighted by Gasteiger charge is 2.31. The van der Waals surface area contributed by atoms with E-state index >= 15 is 0 Å². The fraction of sp³-hybridized carbons (Fsp3) is 0.0714. The maximum absolute atomic E-state index is 12.7. The molecule has 21 heavy (non-hydrogen) atoms. The molecule has 0 aliphatic heterocycles. The smallest absolute Gasteiger partial charge is 0.369 e. The van der Waals surface area contributed by atoms with Gasteiger partial charge in [-0.3, -0.25) is 4.57 Å². The highest BCUT2D eigenvalue weighted by Crippen LogP contribution is 2.33. The SMILES string of the molecule is Nc1nc2cc(C(F)(F)F)ccc2n1-c1ccccc1Br. The Morgan fingerprint density at radius 2 is 1.81 bits per heavy atom. The van der Waals surface area contributed by atoms with Crippen LogP contribution < -0.4 is 5.73 Å². The Balaban J connectivity index is 2.26. The largest absolute Gasteiger partial charge is 0.416 e. The Morgan fingerprint density at radius 1 is 1.10 bits per heavy atom. The summed E-state index contributed by atoms with van der Waals surface area (Å²) in [6.45, 7) is 0. The van der Waals surface area contributed by atoms with Gasteiger partial charge in [-0.05, 0) is 46.3 Å². The van der Waals surface area contributed by atoms with Crippen LogP contribution in [-0.4, -0.2) is 9.55 Å². The second kappa shape index (κ2) is 4.77. The molecule has 1 aromatic heterocycles. The number of nitrogens with zero attached hydrogens (tertiary/aromatic N) is 2. The summed E-state index contributed by atoms with van der Waals surface area (Å²) in [5.74, 6) is 0.135. The van der Waals surface area contributed by atoms with E-state index in [1.165, 1.54) is 6.07 Å².